The van der Waals surface area contributed by atoms with Gasteiger partial charge in [0.1, 0.15) is 5.82 Å². The van der Waals surface area contributed by atoms with Gasteiger partial charge in [0.25, 0.3) is 0 Å². The van der Waals surface area contributed by atoms with Gasteiger partial charge in [0.05, 0.1) is 11.0 Å². The normalized spacial score (nSPS) is 10.7. The Morgan fingerprint density at radius 1 is 0.955 bits per heavy atom. The van der Waals surface area contributed by atoms with E-state index in [2.05, 4.69) is 26.7 Å². The predicted molar refractivity (Wildman–Crippen MR) is 89.4 cm³/mol. The van der Waals surface area contributed by atoms with Gasteiger partial charge >= 0.3 is 6.03 Å². The summed E-state index contributed by atoms with van der Waals surface area (Å²) in [6, 6.07) is 11.3. The molecule has 1 heterocycles. The van der Waals surface area contributed by atoms with Crippen LogP contribution in [0.15, 0.2) is 36.4 Å². The van der Waals surface area contributed by atoms with Crippen molar-refractivity contribution in [1.29, 1.82) is 0 Å². The van der Waals surface area contributed by atoms with Crippen LogP contribution in [0.25, 0.3) is 11.0 Å². The maximum Gasteiger partial charge on any atom is 0.323 e. The number of aromatic amines is 1. The minimum absolute atomic E-state index is 0.263. The first-order chi connectivity index (χ1) is 10.5. The number of aryl methyl sites for hydroxylation is 3. The van der Waals surface area contributed by atoms with Gasteiger partial charge in [-0.05, 0) is 62.2 Å². The maximum absolute atomic E-state index is 12.1. The van der Waals surface area contributed by atoms with Crippen molar-refractivity contribution in [3.63, 3.8) is 0 Å². The van der Waals surface area contributed by atoms with Gasteiger partial charge in [0, 0.05) is 11.4 Å². The summed E-state index contributed by atoms with van der Waals surface area (Å²) >= 11 is 0. The summed E-state index contributed by atoms with van der Waals surface area (Å²) in [7, 11) is 0. The molecule has 1 aromatic heterocycles. The van der Waals surface area contributed by atoms with Crippen LogP contribution in [0, 0.1) is 20.8 Å². The van der Waals surface area contributed by atoms with Gasteiger partial charge in [-0.25, -0.2) is 9.78 Å². The highest BCUT2D eigenvalue weighted by molar-refractivity contribution is 6.00. The molecule has 0 saturated carbocycles. The van der Waals surface area contributed by atoms with Gasteiger partial charge in [0.2, 0.25) is 0 Å². The number of nitrogens with zero attached hydrogens (tertiary/aromatic N) is 1. The minimum atomic E-state index is -0.263. The lowest BCUT2D eigenvalue weighted by Gasteiger charge is -2.09. The molecule has 2 aromatic carbocycles. The van der Waals surface area contributed by atoms with E-state index >= 15 is 0 Å². The summed E-state index contributed by atoms with van der Waals surface area (Å²) in [5.41, 5.74) is 5.53. The van der Waals surface area contributed by atoms with Crippen molar-refractivity contribution in [3.8, 4) is 0 Å². The molecule has 0 aliphatic heterocycles. The molecule has 5 nitrogen and oxygen atoms in total. The molecule has 0 aliphatic carbocycles. The molecule has 0 radical (unpaired) electrons. The highest BCUT2D eigenvalue weighted by Crippen LogP contribution is 2.18. The number of H-pyrrole nitrogens is 1. The zero-order valence-corrected chi connectivity index (χ0v) is 12.8. The largest absolute Gasteiger partial charge is 0.342 e. The monoisotopic (exact) mass is 294 g/mol. The molecule has 22 heavy (non-hydrogen) atoms. The highest BCUT2D eigenvalue weighted by atomic mass is 16.2. The van der Waals surface area contributed by atoms with Gasteiger partial charge in [-0.2, -0.15) is 0 Å². The molecule has 3 N–H and O–H groups in total. The number of hydrogen-bond donors (Lipinski definition) is 3. The fourth-order valence-electron chi connectivity index (χ4n) is 2.56. The number of urea groups is 1. The van der Waals surface area contributed by atoms with Crippen LogP contribution in [0.3, 0.4) is 0 Å². The predicted octanol–water partition coefficient (Wildman–Crippen LogP) is 4.13. The number of amides is 2. The second-order valence-corrected chi connectivity index (χ2v) is 5.51. The summed E-state index contributed by atoms with van der Waals surface area (Å²) < 4.78 is 0. The molecular weight excluding hydrogens is 276 g/mol. The average Bonchev–Trinajstić information content (AvgIpc) is 2.76. The second kappa shape index (κ2) is 5.52. The summed E-state index contributed by atoms with van der Waals surface area (Å²) in [4.78, 5) is 19.6. The van der Waals surface area contributed by atoms with Gasteiger partial charge < -0.3 is 15.6 Å². The first kappa shape index (κ1) is 14.1. The Kier molecular flexibility index (Phi) is 3.55. The van der Waals surface area contributed by atoms with E-state index in [4.69, 9.17) is 0 Å². The van der Waals surface area contributed by atoms with Crippen molar-refractivity contribution < 1.29 is 4.79 Å². The standard InChI is InChI=1S/C17H18N4O/c1-10-6-11(2)8-14(7-10)21-17(22)20-13-4-5-15-16(9-13)19-12(3)18-15/h4-9H,1-3H3,(H,18,19)(H2,20,21,22). The Morgan fingerprint density at radius 3 is 2.36 bits per heavy atom. The SMILES string of the molecule is Cc1cc(C)cc(NC(=O)Nc2ccc3nc(C)[nH]c3c2)c1. The van der Waals surface area contributed by atoms with Gasteiger partial charge in [-0.3, -0.25) is 0 Å². The molecule has 0 bridgehead atoms. The summed E-state index contributed by atoms with van der Waals surface area (Å²) in [6.07, 6.45) is 0. The summed E-state index contributed by atoms with van der Waals surface area (Å²) in [5, 5.41) is 5.68. The lowest BCUT2D eigenvalue weighted by atomic mass is 10.1. The van der Waals surface area contributed by atoms with Gasteiger partial charge in [-0.15, -0.1) is 0 Å². The summed E-state index contributed by atoms with van der Waals surface area (Å²) in [5.74, 6) is 0.854. The number of nitrogens with one attached hydrogen (secondary N) is 3. The molecule has 5 heteroatoms. The molecule has 0 spiro atoms. The van der Waals surface area contributed by atoms with Crippen LogP contribution >= 0.6 is 0 Å². The Hall–Kier alpha value is -2.82. The Labute approximate surface area is 128 Å². The van der Waals surface area contributed by atoms with Crippen LogP contribution in [0.5, 0.6) is 0 Å². The third-order valence-electron chi connectivity index (χ3n) is 3.34. The molecule has 0 fully saturated rings. The van der Waals surface area contributed by atoms with Crippen LogP contribution in [0.4, 0.5) is 16.2 Å². The Bertz CT molecular complexity index is 831. The lowest BCUT2D eigenvalue weighted by molar-refractivity contribution is 0.262. The molecule has 3 rings (SSSR count). The number of aromatic nitrogens is 2. The van der Waals surface area contributed by atoms with E-state index in [0.717, 1.165) is 39.4 Å². The van der Waals surface area contributed by atoms with Crippen molar-refractivity contribution in [2.75, 3.05) is 10.6 Å². The molecule has 0 aliphatic rings. The number of fused-ring (bicyclic) bond motifs is 1. The quantitative estimate of drug-likeness (QED) is 0.665. The molecule has 3 aromatic rings. The summed E-state index contributed by atoms with van der Waals surface area (Å²) in [6.45, 7) is 5.91. The number of benzene rings is 2. The van der Waals surface area contributed by atoms with E-state index in [1.165, 1.54) is 0 Å². The number of carbonyl (C=O) groups excluding carboxylic acids is 1. The van der Waals surface area contributed by atoms with E-state index < -0.39 is 0 Å². The van der Waals surface area contributed by atoms with Gasteiger partial charge in [0.15, 0.2) is 0 Å². The minimum Gasteiger partial charge on any atom is -0.342 e. The van der Waals surface area contributed by atoms with Crippen LogP contribution in [0.2, 0.25) is 0 Å². The Morgan fingerprint density at radius 2 is 1.64 bits per heavy atom. The van der Waals surface area contributed by atoms with E-state index in [9.17, 15) is 4.79 Å². The number of rotatable bonds is 2. The zero-order valence-electron chi connectivity index (χ0n) is 12.8. The molecule has 112 valence electrons. The van der Waals surface area contributed by atoms with Crippen LogP contribution in [-0.4, -0.2) is 16.0 Å². The first-order valence-corrected chi connectivity index (χ1v) is 7.12. The molecule has 0 unspecified atom stereocenters. The Balaban J connectivity index is 1.74. The third kappa shape index (κ3) is 3.09. The van der Waals surface area contributed by atoms with Crippen LogP contribution < -0.4 is 10.6 Å². The average molecular weight is 294 g/mol. The smallest absolute Gasteiger partial charge is 0.323 e. The van der Waals surface area contributed by atoms with E-state index in [1.807, 2.05) is 51.1 Å². The molecule has 0 saturated heterocycles. The number of anilines is 2. The lowest BCUT2D eigenvalue weighted by Crippen LogP contribution is -2.19. The fraction of sp³-hybridized carbons (Fsp3) is 0.176. The molecule has 0 atom stereocenters. The number of carbonyl (C=O) groups is 1. The van der Waals surface area contributed by atoms with Crippen molar-refractivity contribution in [3.05, 3.63) is 53.3 Å². The van der Waals surface area contributed by atoms with E-state index in [-0.39, 0.29) is 6.03 Å². The number of imidazole rings is 1. The number of hydrogen-bond acceptors (Lipinski definition) is 2. The highest BCUT2D eigenvalue weighted by Gasteiger charge is 2.06. The van der Waals surface area contributed by atoms with Crippen molar-refractivity contribution >= 4 is 28.4 Å². The maximum atomic E-state index is 12.1. The molecular formula is C17H18N4O. The van der Waals surface area contributed by atoms with Crippen LogP contribution in [0.1, 0.15) is 17.0 Å². The van der Waals surface area contributed by atoms with Crippen LogP contribution in [-0.2, 0) is 0 Å². The van der Waals surface area contributed by atoms with E-state index in [0.29, 0.717) is 0 Å². The zero-order chi connectivity index (χ0) is 15.7. The topological polar surface area (TPSA) is 69.8 Å². The van der Waals surface area contributed by atoms with Crippen molar-refractivity contribution in [2.45, 2.75) is 20.8 Å². The van der Waals surface area contributed by atoms with E-state index in [1.54, 1.807) is 0 Å². The second-order valence-electron chi connectivity index (χ2n) is 5.51. The van der Waals surface area contributed by atoms with Crippen molar-refractivity contribution in [2.24, 2.45) is 0 Å². The first-order valence-electron chi connectivity index (χ1n) is 7.12. The van der Waals surface area contributed by atoms with Crippen molar-refractivity contribution in [1.82, 2.24) is 9.97 Å². The molecule has 2 amide bonds. The van der Waals surface area contributed by atoms with Gasteiger partial charge in [-0.1, -0.05) is 6.07 Å². The third-order valence-corrected chi connectivity index (χ3v) is 3.34. The fourth-order valence-corrected chi connectivity index (χ4v) is 2.56.